The van der Waals surface area contributed by atoms with Crippen LogP contribution in [0.1, 0.15) is 41.1 Å². The number of aromatic nitrogens is 3. The molecule has 5 nitrogen and oxygen atoms in total. The molecular weight excluding hydrogens is 510 g/mol. The van der Waals surface area contributed by atoms with Crippen LogP contribution < -0.4 is 10.6 Å². The summed E-state index contributed by atoms with van der Waals surface area (Å²) in [4.78, 5) is 0.716. The summed E-state index contributed by atoms with van der Waals surface area (Å²) in [5.41, 5.74) is 9.30. The van der Waals surface area contributed by atoms with Crippen LogP contribution >= 0.6 is 23.8 Å². The SMILES string of the molecule is Cc1ccc(-c2c3c4n(c(CNc5ccc(Cl)cc5)nn4c2C(=S)NCc2ccccc2)CCCC3)cc1. The highest BCUT2D eigenvalue weighted by Crippen LogP contribution is 2.37. The van der Waals surface area contributed by atoms with Gasteiger partial charge in [0.15, 0.2) is 5.82 Å². The van der Waals surface area contributed by atoms with Gasteiger partial charge in [-0.3, -0.25) is 0 Å². The molecule has 2 aromatic heterocycles. The Morgan fingerprint density at radius 1 is 0.947 bits per heavy atom. The van der Waals surface area contributed by atoms with Gasteiger partial charge in [-0.15, -0.1) is 0 Å². The largest absolute Gasteiger partial charge is 0.378 e. The molecule has 0 bridgehead atoms. The van der Waals surface area contributed by atoms with E-state index in [0.717, 1.165) is 53.7 Å². The van der Waals surface area contributed by atoms with E-state index < -0.39 is 0 Å². The van der Waals surface area contributed by atoms with Crippen LogP contribution in [0, 0.1) is 6.92 Å². The molecule has 3 aromatic carbocycles. The molecule has 0 aliphatic carbocycles. The lowest BCUT2D eigenvalue weighted by molar-refractivity contribution is 0.619. The minimum absolute atomic E-state index is 0.617. The zero-order chi connectivity index (χ0) is 26.1. The summed E-state index contributed by atoms with van der Waals surface area (Å²) in [5.74, 6) is 1.00. The standard InChI is InChI=1S/C31H30ClN5S/c1-21-10-12-23(13-11-21)28-26-9-5-6-18-36-27(20-33-25-16-14-24(32)15-17-25)35-37(31(26)36)29(28)30(38)34-19-22-7-3-2-4-8-22/h2-4,7-8,10-17,33H,5-6,9,18-20H2,1H3,(H,34,38). The fourth-order valence-electron chi connectivity index (χ4n) is 5.29. The first-order chi connectivity index (χ1) is 18.6. The van der Waals surface area contributed by atoms with Gasteiger partial charge in [0, 0.05) is 34.9 Å². The molecule has 192 valence electrons. The molecule has 38 heavy (non-hydrogen) atoms. The Morgan fingerprint density at radius 3 is 2.47 bits per heavy atom. The van der Waals surface area contributed by atoms with E-state index in [1.54, 1.807) is 0 Å². The average molecular weight is 540 g/mol. The van der Waals surface area contributed by atoms with Crippen LogP contribution in [0.4, 0.5) is 5.69 Å². The van der Waals surface area contributed by atoms with Crippen molar-refractivity contribution in [1.82, 2.24) is 19.5 Å². The number of halogens is 1. The van der Waals surface area contributed by atoms with E-state index in [9.17, 15) is 0 Å². The first-order valence-electron chi connectivity index (χ1n) is 13.1. The number of aryl methyl sites for hydroxylation is 3. The smallest absolute Gasteiger partial charge is 0.150 e. The fourth-order valence-corrected chi connectivity index (χ4v) is 5.67. The maximum atomic E-state index is 6.08. The van der Waals surface area contributed by atoms with Crippen LogP contribution in [-0.2, 0) is 26.1 Å². The summed E-state index contributed by atoms with van der Waals surface area (Å²) in [6.45, 7) is 4.35. The molecule has 0 spiro atoms. The molecule has 1 aliphatic rings. The highest BCUT2D eigenvalue weighted by molar-refractivity contribution is 7.80. The Hall–Kier alpha value is -3.61. The molecule has 3 heterocycles. The van der Waals surface area contributed by atoms with Crippen LogP contribution in [0.3, 0.4) is 0 Å². The third kappa shape index (κ3) is 4.82. The van der Waals surface area contributed by atoms with Crippen LogP contribution in [-0.4, -0.2) is 19.2 Å². The molecule has 0 saturated heterocycles. The van der Waals surface area contributed by atoms with E-state index in [1.165, 1.54) is 27.8 Å². The molecule has 0 fully saturated rings. The summed E-state index contributed by atoms with van der Waals surface area (Å²) >= 11 is 12.2. The summed E-state index contributed by atoms with van der Waals surface area (Å²) < 4.78 is 4.47. The molecule has 0 saturated carbocycles. The molecule has 5 aromatic rings. The van der Waals surface area contributed by atoms with Gasteiger partial charge in [0.25, 0.3) is 0 Å². The number of thiocarbonyl (C=S) groups is 1. The van der Waals surface area contributed by atoms with Gasteiger partial charge in [-0.25, -0.2) is 4.52 Å². The van der Waals surface area contributed by atoms with E-state index in [0.29, 0.717) is 18.1 Å². The number of hydrogen-bond donors (Lipinski definition) is 2. The molecule has 1 aliphatic heterocycles. The molecule has 0 unspecified atom stereocenters. The second kappa shape index (κ2) is 10.6. The monoisotopic (exact) mass is 539 g/mol. The van der Waals surface area contributed by atoms with E-state index in [4.69, 9.17) is 28.9 Å². The van der Waals surface area contributed by atoms with E-state index >= 15 is 0 Å². The predicted molar refractivity (Wildman–Crippen MR) is 160 cm³/mol. The van der Waals surface area contributed by atoms with Crippen molar-refractivity contribution in [2.24, 2.45) is 0 Å². The van der Waals surface area contributed by atoms with Gasteiger partial charge in [-0.05, 0) is 61.6 Å². The van der Waals surface area contributed by atoms with E-state index in [2.05, 4.69) is 75.2 Å². The van der Waals surface area contributed by atoms with E-state index in [-0.39, 0.29) is 0 Å². The van der Waals surface area contributed by atoms with Crippen LogP contribution in [0.15, 0.2) is 78.9 Å². The third-order valence-corrected chi connectivity index (χ3v) is 7.80. The first-order valence-corrected chi connectivity index (χ1v) is 13.9. The topological polar surface area (TPSA) is 46.3 Å². The zero-order valence-electron chi connectivity index (χ0n) is 21.4. The normalized spacial score (nSPS) is 12.9. The minimum Gasteiger partial charge on any atom is -0.378 e. The molecule has 6 rings (SSSR count). The average Bonchev–Trinajstić information content (AvgIpc) is 3.34. The second-order valence-corrected chi connectivity index (χ2v) is 10.7. The Labute approximate surface area is 233 Å². The van der Waals surface area contributed by atoms with Crippen molar-refractivity contribution in [3.8, 4) is 11.1 Å². The Balaban J connectivity index is 1.44. The fraction of sp³-hybridized carbons (Fsp3) is 0.226. The molecular formula is C31H30ClN5S. The molecule has 2 N–H and O–H groups in total. The van der Waals surface area contributed by atoms with Crippen molar-refractivity contribution in [2.75, 3.05) is 5.32 Å². The maximum absolute atomic E-state index is 6.08. The highest BCUT2D eigenvalue weighted by atomic mass is 35.5. The predicted octanol–water partition coefficient (Wildman–Crippen LogP) is 7.18. The number of anilines is 1. The van der Waals surface area contributed by atoms with Gasteiger partial charge in [-0.1, -0.05) is 84.0 Å². The Morgan fingerprint density at radius 2 is 1.71 bits per heavy atom. The van der Waals surface area contributed by atoms with Crippen LogP contribution in [0.2, 0.25) is 5.02 Å². The van der Waals surface area contributed by atoms with Crippen LogP contribution in [0.5, 0.6) is 0 Å². The van der Waals surface area contributed by atoms with Crippen molar-refractivity contribution in [2.45, 2.75) is 45.8 Å². The Bertz CT molecular complexity index is 1580. The van der Waals surface area contributed by atoms with Crippen molar-refractivity contribution in [3.05, 3.63) is 112 Å². The van der Waals surface area contributed by atoms with E-state index in [1.807, 2.05) is 30.3 Å². The maximum Gasteiger partial charge on any atom is 0.150 e. The lowest BCUT2D eigenvalue weighted by Gasteiger charge is -2.12. The molecule has 7 heteroatoms. The number of rotatable bonds is 7. The van der Waals surface area contributed by atoms with Crippen LogP contribution in [0.25, 0.3) is 16.8 Å². The number of nitrogens with one attached hydrogen (secondary N) is 2. The lowest BCUT2D eigenvalue weighted by Crippen LogP contribution is -2.24. The minimum atomic E-state index is 0.617. The number of benzene rings is 3. The third-order valence-electron chi connectivity index (χ3n) is 7.21. The molecule has 0 atom stereocenters. The highest BCUT2D eigenvalue weighted by Gasteiger charge is 2.28. The second-order valence-electron chi connectivity index (χ2n) is 9.86. The van der Waals surface area contributed by atoms with Gasteiger partial charge in [-0.2, -0.15) is 5.10 Å². The van der Waals surface area contributed by atoms with Crippen molar-refractivity contribution in [1.29, 1.82) is 0 Å². The number of hydrogen-bond acceptors (Lipinski definition) is 3. The summed E-state index contributed by atoms with van der Waals surface area (Å²) in [5, 5.41) is 12.9. The zero-order valence-corrected chi connectivity index (χ0v) is 22.9. The summed E-state index contributed by atoms with van der Waals surface area (Å²) in [6, 6.07) is 26.9. The van der Waals surface area contributed by atoms with Crippen molar-refractivity contribution >= 4 is 40.1 Å². The Kier molecular flexibility index (Phi) is 6.92. The van der Waals surface area contributed by atoms with Gasteiger partial charge in [0.05, 0.1) is 6.54 Å². The summed E-state index contributed by atoms with van der Waals surface area (Å²) in [6.07, 6.45) is 3.26. The van der Waals surface area contributed by atoms with Gasteiger partial charge >= 0.3 is 0 Å². The quantitative estimate of drug-likeness (QED) is 0.215. The van der Waals surface area contributed by atoms with Gasteiger partial charge in [0.2, 0.25) is 0 Å². The molecule has 0 amide bonds. The van der Waals surface area contributed by atoms with Gasteiger partial charge < -0.3 is 15.2 Å². The summed E-state index contributed by atoms with van der Waals surface area (Å²) in [7, 11) is 0. The van der Waals surface area contributed by atoms with Crippen molar-refractivity contribution in [3.63, 3.8) is 0 Å². The van der Waals surface area contributed by atoms with Gasteiger partial charge in [0.1, 0.15) is 16.3 Å². The molecule has 0 radical (unpaired) electrons. The van der Waals surface area contributed by atoms with Crippen molar-refractivity contribution < 1.29 is 0 Å². The lowest BCUT2D eigenvalue weighted by atomic mass is 9.97. The first kappa shape index (κ1) is 24.7. The number of nitrogens with zero attached hydrogens (tertiary/aromatic N) is 3.